The van der Waals surface area contributed by atoms with Crippen molar-refractivity contribution in [3.8, 4) is 33.8 Å². The van der Waals surface area contributed by atoms with E-state index in [0.29, 0.717) is 5.92 Å². The van der Waals surface area contributed by atoms with Crippen LogP contribution >= 0.6 is 0 Å². The van der Waals surface area contributed by atoms with Gasteiger partial charge in [0.25, 0.3) is 0 Å². The third kappa shape index (κ3) is 4.44. The van der Waals surface area contributed by atoms with Crippen LogP contribution in [0.15, 0.2) is 85.9 Å². The molecule has 1 aliphatic rings. The van der Waals surface area contributed by atoms with Gasteiger partial charge in [0.2, 0.25) is 0 Å². The minimum absolute atomic E-state index is 0.524. The molecule has 3 N–H and O–H groups in total. The SMILES string of the molecule is C=C(Nc1cncc(-c2ccc3[nH]nc(-c4cc5c(-c6ccncc6)cncc5[nH]4)c3n2)c1)C1CCCCC1. The fourth-order valence-corrected chi connectivity index (χ4v) is 5.57. The van der Waals surface area contributed by atoms with Crippen LogP contribution in [0, 0.1) is 5.92 Å². The van der Waals surface area contributed by atoms with Gasteiger partial charge in [0.05, 0.1) is 40.5 Å². The molecule has 0 bridgehead atoms. The molecule has 1 fully saturated rings. The van der Waals surface area contributed by atoms with E-state index >= 15 is 0 Å². The Bertz CT molecular complexity index is 1790. The van der Waals surface area contributed by atoms with Gasteiger partial charge in [-0.2, -0.15) is 5.10 Å². The van der Waals surface area contributed by atoms with Crippen LogP contribution in [0.2, 0.25) is 0 Å². The van der Waals surface area contributed by atoms with Gasteiger partial charge in [-0.3, -0.25) is 20.1 Å². The third-order valence-electron chi connectivity index (χ3n) is 7.64. The summed E-state index contributed by atoms with van der Waals surface area (Å²) in [5, 5.41) is 12.3. The lowest BCUT2D eigenvalue weighted by Crippen LogP contribution is -2.14. The molecule has 6 aromatic heterocycles. The second-order valence-electron chi connectivity index (χ2n) is 10.2. The van der Waals surface area contributed by atoms with Gasteiger partial charge in [-0.1, -0.05) is 25.8 Å². The molecule has 0 radical (unpaired) electrons. The molecule has 8 nitrogen and oxygen atoms in total. The first kappa shape index (κ1) is 23.3. The van der Waals surface area contributed by atoms with Gasteiger partial charge < -0.3 is 10.3 Å². The molecule has 1 saturated carbocycles. The first-order valence-electron chi connectivity index (χ1n) is 13.4. The zero-order valence-corrected chi connectivity index (χ0v) is 21.5. The Kier molecular flexibility index (Phi) is 5.85. The van der Waals surface area contributed by atoms with Gasteiger partial charge in [-0.25, -0.2) is 4.98 Å². The topological polar surface area (TPSA) is 108 Å². The molecule has 0 atom stereocenters. The molecule has 1 aliphatic carbocycles. The van der Waals surface area contributed by atoms with E-state index in [2.05, 4.69) is 54.2 Å². The fourth-order valence-electron chi connectivity index (χ4n) is 5.57. The summed E-state index contributed by atoms with van der Waals surface area (Å²) in [6.45, 7) is 4.32. The average Bonchev–Trinajstić information content (AvgIpc) is 3.62. The maximum absolute atomic E-state index is 5.01. The van der Waals surface area contributed by atoms with Crippen LogP contribution in [0.3, 0.4) is 0 Å². The second kappa shape index (κ2) is 9.79. The fraction of sp³-hybridized carbons (Fsp3) is 0.194. The van der Waals surface area contributed by atoms with Crippen molar-refractivity contribution in [3.05, 3.63) is 85.9 Å². The summed E-state index contributed by atoms with van der Waals surface area (Å²) in [5.41, 5.74) is 10.1. The van der Waals surface area contributed by atoms with Crippen molar-refractivity contribution >= 4 is 27.6 Å². The molecule has 6 aromatic rings. The quantitative estimate of drug-likeness (QED) is 0.219. The van der Waals surface area contributed by atoms with E-state index in [1.165, 1.54) is 32.1 Å². The summed E-state index contributed by atoms with van der Waals surface area (Å²) in [6, 6.07) is 12.2. The zero-order valence-electron chi connectivity index (χ0n) is 21.5. The highest BCUT2D eigenvalue weighted by atomic mass is 15.1. The van der Waals surface area contributed by atoms with Crippen LogP contribution in [-0.4, -0.2) is 35.1 Å². The van der Waals surface area contributed by atoms with Gasteiger partial charge in [0.1, 0.15) is 11.2 Å². The van der Waals surface area contributed by atoms with Crippen LogP contribution in [-0.2, 0) is 0 Å². The number of allylic oxidation sites excluding steroid dienone is 1. The van der Waals surface area contributed by atoms with Crippen molar-refractivity contribution in [2.45, 2.75) is 32.1 Å². The second-order valence-corrected chi connectivity index (χ2v) is 10.2. The third-order valence-corrected chi connectivity index (χ3v) is 7.64. The Labute approximate surface area is 225 Å². The molecule has 0 spiro atoms. The highest BCUT2D eigenvalue weighted by Crippen LogP contribution is 2.34. The summed E-state index contributed by atoms with van der Waals surface area (Å²) in [7, 11) is 0. The number of anilines is 1. The van der Waals surface area contributed by atoms with E-state index < -0.39 is 0 Å². The van der Waals surface area contributed by atoms with Crippen LogP contribution in [0.4, 0.5) is 5.69 Å². The highest BCUT2D eigenvalue weighted by Gasteiger charge is 2.18. The summed E-state index contributed by atoms with van der Waals surface area (Å²) in [6.07, 6.45) is 17.3. The Morgan fingerprint density at radius 1 is 0.846 bits per heavy atom. The largest absolute Gasteiger partial charge is 0.358 e. The van der Waals surface area contributed by atoms with E-state index in [9.17, 15) is 0 Å². The van der Waals surface area contributed by atoms with E-state index in [-0.39, 0.29) is 0 Å². The van der Waals surface area contributed by atoms with E-state index in [1.54, 1.807) is 12.4 Å². The Balaban J connectivity index is 1.23. The smallest absolute Gasteiger partial charge is 0.135 e. The Morgan fingerprint density at radius 2 is 1.69 bits per heavy atom. The van der Waals surface area contributed by atoms with Gasteiger partial charge >= 0.3 is 0 Å². The monoisotopic (exact) mass is 512 g/mol. The lowest BCUT2D eigenvalue weighted by Gasteiger charge is -2.24. The van der Waals surface area contributed by atoms with Crippen molar-refractivity contribution in [1.29, 1.82) is 0 Å². The number of pyridine rings is 4. The molecule has 0 amide bonds. The van der Waals surface area contributed by atoms with Gasteiger partial charge in [-0.05, 0) is 60.7 Å². The summed E-state index contributed by atoms with van der Waals surface area (Å²) in [5.74, 6) is 0.524. The molecule has 0 saturated heterocycles. The average molecular weight is 513 g/mol. The minimum atomic E-state index is 0.524. The van der Waals surface area contributed by atoms with E-state index in [1.807, 2.05) is 49.1 Å². The van der Waals surface area contributed by atoms with Crippen molar-refractivity contribution in [1.82, 2.24) is 35.1 Å². The molecule has 8 heteroatoms. The van der Waals surface area contributed by atoms with Crippen molar-refractivity contribution in [3.63, 3.8) is 0 Å². The molecule has 0 aromatic carbocycles. The number of nitrogens with one attached hydrogen (secondary N) is 3. The predicted octanol–water partition coefficient (Wildman–Crippen LogP) is 7.13. The molecule has 39 heavy (non-hydrogen) atoms. The van der Waals surface area contributed by atoms with Crippen LogP contribution in [0.25, 0.3) is 55.7 Å². The number of rotatable bonds is 6. The lowest BCUT2D eigenvalue weighted by molar-refractivity contribution is 0.405. The number of hydrogen-bond acceptors (Lipinski definition) is 6. The zero-order chi connectivity index (χ0) is 26.2. The molecular weight excluding hydrogens is 484 g/mol. The highest BCUT2D eigenvalue weighted by molar-refractivity contribution is 5.99. The first-order valence-corrected chi connectivity index (χ1v) is 13.4. The maximum atomic E-state index is 5.01. The predicted molar refractivity (Wildman–Crippen MR) is 155 cm³/mol. The number of nitrogens with zero attached hydrogens (tertiary/aromatic N) is 5. The van der Waals surface area contributed by atoms with E-state index in [0.717, 1.165) is 67.1 Å². The summed E-state index contributed by atoms with van der Waals surface area (Å²) < 4.78 is 0. The lowest BCUT2D eigenvalue weighted by atomic mass is 9.87. The minimum Gasteiger partial charge on any atom is -0.358 e. The number of fused-ring (bicyclic) bond motifs is 2. The molecule has 0 aliphatic heterocycles. The van der Waals surface area contributed by atoms with Crippen molar-refractivity contribution in [2.75, 3.05) is 5.32 Å². The normalized spacial score (nSPS) is 14.2. The standard InChI is InChI=1S/C31H28N8/c1-19(20-5-3-2-4-6-20)35-23-13-22(15-33-16-23)26-7-8-27-30(37-26)31(39-38-27)28-14-24-25(17-34-18-29(24)36-28)21-9-11-32-12-10-21/h7-18,20,35-36H,1-6H2,(H,38,39). The number of H-pyrrole nitrogens is 2. The number of hydrogen-bond donors (Lipinski definition) is 3. The van der Waals surface area contributed by atoms with Gasteiger partial charge in [-0.15, -0.1) is 0 Å². The number of aromatic nitrogens is 7. The van der Waals surface area contributed by atoms with Crippen molar-refractivity contribution < 1.29 is 0 Å². The van der Waals surface area contributed by atoms with E-state index in [4.69, 9.17) is 4.98 Å². The molecule has 192 valence electrons. The maximum Gasteiger partial charge on any atom is 0.135 e. The molecular formula is C31H28N8. The Morgan fingerprint density at radius 3 is 2.56 bits per heavy atom. The Hall–Kier alpha value is -4.85. The van der Waals surface area contributed by atoms with Gasteiger partial charge in [0, 0.05) is 47.0 Å². The number of aromatic amines is 2. The molecule has 7 rings (SSSR count). The first-order chi connectivity index (χ1) is 19.2. The van der Waals surface area contributed by atoms with Crippen LogP contribution in [0.1, 0.15) is 32.1 Å². The van der Waals surface area contributed by atoms with Crippen molar-refractivity contribution in [2.24, 2.45) is 5.92 Å². The molecule has 0 unspecified atom stereocenters. The molecule has 6 heterocycles. The van der Waals surface area contributed by atoms with Gasteiger partial charge in [0.15, 0.2) is 0 Å². The summed E-state index contributed by atoms with van der Waals surface area (Å²) in [4.78, 5) is 21.6. The van der Waals surface area contributed by atoms with Crippen LogP contribution < -0.4 is 5.32 Å². The van der Waals surface area contributed by atoms with Crippen LogP contribution in [0.5, 0.6) is 0 Å². The summed E-state index contributed by atoms with van der Waals surface area (Å²) >= 11 is 0.